The van der Waals surface area contributed by atoms with Crippen LogP contribution in [0.5, 0.6) is 0 Å². The summed E-state index contributed by atoms with van der Waals surface area (Å²) < 4.78 is 7.36. The molecule has 6 heteroatoms. The highest BCUT2D eigenvalue weighted by molar-refractivity contribution is 6.02. The Balaban J connectivity index is 1.53. The lowest BCUT2D eigenvalue weighted by molar-refractivity contribution is 0.0280. The van der Waals surface area contributed by atoms with Crippen molar-refractivity contribution in [2.45, 2.75) is 12.6 Å². The molecular weight excluding hydrogens is 378 g/mol. The molecule has 0 bridgehead atoms. The Morgan fingerprint density at radius 1 is 0.833 bits per heavy atom. The first-order chi connectivity index (χ1) is 14.7. The number of hydrogen-bond acceptors (Lipinski definition) is 5. The Hall–Kier alpha value is -4.06. The maximum absolute atomic E-state index is 13.1. The fourth-order valence-electron chi connectivity index (χ4n) is 3.08. The zero-order valence-corrected chi connectivity index (χ0v) is 16.1. The van der Waals surface area contributed by atoms with Gasteiger partial charge in [-0.1, -0.05) is 72.8 Å². The van der Waals surface area contributed by atoms with Crippen LogP contribution in [-0.2, 0) is 11.3 Å². The van der Waals surface area contributed by atoms with E-state index in [1.807, 2.05) is 36.4 Å². The fourth-order valence-corrected chi connectivity index (χ4v) is 3.08. The first-order valence-corrected chi connectivity index (χ1v) is 9.47. The number of carbonyl (C=O) groups is 2. The van der Waals surface area contributed by atoms with Crippen molar-refractivity contribution >= 4 is 11.8 Å². The first kappa shape index (κ1) is 19.3. The molecule has 4 aromatic rings. The van der Waals surface area contributed by atoms with Gasteiger partial charge in [0.2, 0.25) is 5.78 Å². The third kappa shape index (κ3) is 4.50. The summed E-state index contributed by atoms with van der Waals surface area (Å²) >= 11 is 0. The van der Waals surface area contributed by atoms with Crippen LogP contribution >= 0.6 is 0 Å². The molecule has 0 aliphatic heterocycles. The summed E-state index contributed by atoms with van der Waals surface area (Å²) in [6.45, 7) is 0.550. The lowest BCUT2D eigenvalue weighted by Crippen LogP contribution is -2.20. The van der Waals surface area contributed by atoms with Crippen molar-refractivity contribution < 1.29 is 14.3 Å². The molecule has 4 rings (SSSR count). The highest BCUT2D eigenvalue weighted by Gasteiger charge is 2.26. The second-order valence-corrected chi connectivity index (χ2v) is 6.72. The van der Waals surface area contributed by atoms with Gasteiger partial charge in [0, 0.05) is 11.1 Å². The largest absolute Gasteiger partial charge is 0.445 e. The smallest absolute Gasteiger partial charge is 0.339 e. The Morgan fingerprint density at radius 2 is 1.50 bits per heavy atom. The van der Waals surface area contributed by atoms with Gasteiger partial charge < -0.3 is 4.74 Å². The normalized spacial score (nSPS) is 11.6. The molecule has 3 aromatic carbocycles. The fraction of sp³-hybridized carbons (Fsp3) is 0.0833. The zero-order chi connectivity index (χ0) is 20.8. The molecule has 0 amide bonds. The van der Waals surface area contributed by atoms with E-state index in [9.17, 15) is 9.59 Å². The Labute approximate surface area is 173 Å². The molecule has 6 nitrogen and oxygen atoms in total. The predicted molar refractivity (Wildman–Crippen MR) is 111 cm³/mol. The molecule has 1 aromatic heterocycles. The number of carbonyl (C=O) groups excluding carboxylic acids is 2. The highest BCUT2D eigenvalue weighted by atomic mass is 16.5. The molecule has 0 spiro atoms. The average molecular weight is 397 g/mol. The summed E-state index contributed by atoms with van der Waals surface area (Å²) in [6.07, 6.45) is 2.08. The number of hydrogen-bond donors (Lipinski definition) is 0. The molecule has 0 saturated heterocycles. The monoisotopic (exact) mass is 397 g/mol. The van der Waals surface area contributed by atoms with Crippen molar-refractivity contribution in [3.05, 3.63) is 120 Å². The van der Waals surface area contributed by atoms with Crippen molar-refractivity contribution in [1.29, 1.82) is 0 Å². The van der Waals surface area contributed by atoms with E-state index in [1.54, 1.807) is 59.5 Å². The van der Waals surface area contributed by atoms with Gasteiger partial charge in [0.05, 0.1) is 12.1 Å². The molecule has 1 unspecified atom stereocenters. The molecule has 0 saturated carbocycles. The number of esters is 1. The van der Waals surface area contributed by atoms with Crippen LogP contribution in [0.1, 0.15) is 37.9 Å². The van der Waals surface area contributed by atoms with Crippen molar-refractivity contribution in [3.8, 4) is 0 Å². The van der Waals surface area contributed by atoms with E-state index in [0.29, 0.717) is 23.2 Å². The van der Waals surface area contributed by atoms with E-state index in [-0.39, 0.29) is 5.78 Å². The predicted octanol–water partition coefficient (Wildman–Crippen LogP) is 4.11. The van der Waals surface area contributed by atoms with Gasteiger partial charge >= 0.3 is 5.97 Å². The Kier molecular flexibility index (Phi) is 5.75. The van der Waals surface area contributed by atoms with E-state index >= 15 is 0 Å². The van der Waals surface area contributed by atoms with Crippen LogP contribution in [0.2, 0.25) is 0 Å². The van der Waals surface area contributed by atoms with Gasteiger partial charge in [0.1, 0.15) is 12.7 Å². The van der Waals surface area contributed by atoms with Crippen LogP contribution < -0.4 is 0 Å². The lowest BCUT2D eigenvalue weighted by Gasteiger charge is -2.17. The number of nitrogens with zero attached hydrogens (tertiary/aromatic N) is 3. The van der Waals surface area contributed by atoms with Gasteiger partial charge in [-0.3, -0.25) is 4.79 Å². The van der Waals surface area contributed by atoms with Crippen molar-refractivity contribution in [2.24, 2.45) is 0 Å². The minimum absolute atomic E-state index is 0.266. The van der Waals surface area contributed by atoms with E-state index in [4.69, 9.17) is 4.74 Å². The number of aromatic nitrogens is 3. The molecule has 1 heterocycles. The van der Waals surface area contributed by atoms with Crippen molar-refractivity contribution in [1.82, 2.24) is 14.8 Å². The third-order valence-corrected chi connectivity index (χ3v) is 4.62. The molecule has 0 N–H and O–H groups in total. The summed E-state index contributed by atoms with van der Waals surface area (Å²) in [4.78, 5) is 29.8. The maximum atomic E-state index is 13.1. The van der Waals surface area contributed by atoms with Crippen molar-refractivity contribution in [2.75, 3.05) is 0 Å². The summed E-state index contributed by atoms with van der Waals surface area (Å²) in [5, 5.41) is 4.07. The van der Waals surface area contributed by atoms with Gasteiger partial charge in [-0.2, -0.15) is 5.10 Å². The van der Waals surface area contributed by atoms with E-state index in [0.717, 1.165) is 5.56 Å². The quantitative estimate of drug-likeness (QED) is 0.347. The van der Waals surface area contributed by atoms with E-state index < -0.39 is 12.1 Å². The van der Waals surface area contributed by atoms with Crippen molar-refractivity contribution in [3.63, 3.8) is 0 Å². The van der Waals surface area contributed by atoms with E-state index in [1.165, 1.54) is 6.33 Å². The second kappa shape index (κ2) is 8.96. The van der Waals surface area contributed by atoms with Gasteiger partial charge in [0.15, 0.2) is 6.10 Å². The summed E-state index contributed by atoms with van der Waals surface area (Å²) in [5.41, 5.74) is 2.46. The lowest BCUT2D eigenvalue weighted by atomic mass is 9.99. The molecule has 0 aliphatic rings. The summed E-state index contributed by atoms with van der Waals surface area (Å²) in [6, 6.07) is 24.9. The Morgan fingerprint density at radius 3 is 2.13 bits per heavy atom. The molecule has 0 radical (unpaired) electrons. The summed E-state index contributed by atoms with van der Waals surface area (Å²) in [7, 11) is 0. The maximum Gasteiger partial charge on any atom is 0.339 e. The topological polar surface area (TPSA) is 74.1 Å². The summed E-state index contributed by atoms with van der Waals surface area (Å²) in [5.74, 6) is -0.821. The van der Waals surface area contributed by atoms with Gasteiger partial charge in [-0.05, 0) is 17.7 Å². The highest BCUT2D eigenvalue weighted by Crippen LogP contribution is 2.24. The number of Topliss-reactive ketones (excluding diaryl/α,β-unsaturated/α-hetero) is 1. The van der Waals surface area contributed by atoms with Crippen LogP contribution in [0.15, 0.2) is 97.6 Å². The van der Waals surface area contributed by atoms with E-state index in [2.05, 4.69) is 10.1 Å². The van der Waals surface area contributed by atoms with Gasteiger partial charge in [-0.25, -0.2) is 14.5 Å². The van der Waals surface area contributed by atoms with Crippen LogP contribution in [0.4, 0.5) is 0 Å². The van der Waals surface area contributed by atoms with Gasteiger partial charge in [-0.15, -0.1) is 0 Å². The molecule has 1 atom stereocenters. The minimum Gasteiger partial charge on any atom is -0.445 e. The number of rotatable bonds is 7. The molecule has 0 aliphatic carbocycles. The van der Waals surface area contributed by atoms with Gasteiger partial charge in [0.25, 0.3) is 0 Å². The van der Waals surface area contributed by atoms with Crippen LogP contribution in [0.25, 0.3) is 0 Å². The standard InChI is InChI=1S/C24H19N3O3/c28-22(19-7-3-1-4-8-19)23(20-9-5-2-6-10-20)30-24(29)21-13-11-18(12-14-21)15-27-17-25-16-26-27/h1-14,16-17,23H,15H2. The molecule has 30 heavy (non-hydrogen) atoms. The first-order valence-electron chi connectivity index (χ1n) is 9.47. The van der Waals surface area contributed by atoms with Crippen LogP contribution in [0.3, 0.4) is 0 Å². The number of ether oxygens (including phenoxy) is 1. The SMILES string of the molecule is O=C(OC(C(=O)c1ccccc1)c1ccccc1)c1ccc(Cn2cncn2)cc1. The Bertz CT molecular complexity index is 1110. The second-order valence-electron chi connectivity index (χ2n) is 6.72. The van der Waals surface area contributed by atoms with Crippen LogP contribution in [0, 0.1) is 0 Å². The number of benzene rings is 3. The van der Waals surface area contributed by atoms with Crippen LogP contribution in [-0.4, -0.2) is 26.5 Å². The average Bonchev–Trinajstić information content (AvgIpc) is 3.31. The molecule has 148 valence electrons. The third-order valence-electron chi connectivity index (χ3n) is 4.62. The zero-order valence-electron chi connectivity index (χ0n) is 16.1. The number of ketones is 1. The molecular formula is C24H19N3O3. The minimum atomic E-state index is -1.02. The molecule has 0 fully saturated rings.